The average molecular weight is 369 g/mol. The van der Waals surface area contributed by atoms with Crippen LogP contribution in [0.15, 0.2) is 6.20 Å². The molecule has 1 aliphatic carbocycles. The van der Waals surface area contributed by atoms with E-state index in [2.05, 4.69) is 30.1 Å². The van der Waals surface area contributed by atoms with Crippen molar-refractivity contribution < 1.29 is 14.4 Å². The Kier molecular flexibility index (Phi) is 5.17. The molecule has 0 aromatic carbocycles. The molecule has 0 amide bonds. The summed E-state index contributed by atoms with van der Waals surface area (Å²) in [6, 6.07) is 1.05. The van der Waals surface area contributed by atoms with E-state index < -0.39 is 13.0 Å². The average Bonchev–Trinajstić information content (AvgIpc) is 2.83. The normalized spacial score (nSPS) is 19.5. The van der Waals surface area contributed by atoms with E-state index in [0.717, 1.165) is 32.0 Å². The number of nitro groups is 1. The van der Waals surface area contributed by atoms with Crippen molar-refractivity contribution in [2.75, 3.05) is 26.3 Å². The summed E-state index contributed by atoms with van der Waals surface area (Å²) in [5.41, 5.74) is 0.386. The fourth-order valence-corrected chi connectivity index (χ4v) is 4.23. The van der Waals surface area contributed by atoms with E-state index in [1.165, 1.54) is 10.9 Å². The van der Waals surface area contributed by atoms with Crippen molar-refractivity contribution in [2.24, 2.45) is 11.3 Å². The molecular formula is C16H28N4O4Si. The van der Waals surface area contributed by atoms with Crippen molar-refractivity contribution in [3.8, 4) is 5.88 Å². The number of nitrogens with zero attached hydrogens (tertiary/aromatic N) is 3. The van der Waals surface area contributed by atoms with Crippen LogP contribution in [0.2, 0.25) is 25.7 Å². The molecule has 1 aromatic rings. The Bertz CT molecular complexity index is 616. The molecular weight excluding hydrogens is 340 g/mol. The van der Waals surface area contributed by atoms with E-state index in [-0.39, 0.29) is 18.3 Å². The Hall–Kier alpha value is -1.45. The van der Waals surface area contributed by atoms with Crippen LogP contribution < -0.4 is 10.1 Å². The van der Waals surface area contributed by atoms with Crippen molar-refractivity contribution in [2.45, 2.75) is 45.3 Å². The van der Waals surface area contributed by atoms with Crippen LogP contribution in [0.4, 0.5) is 5.69 Å². The van der Waals surface area contributed by atoms with E-state index in [1.54, 1.807) is 0 Å². The number of hydrogen-bond donors (Lipinski definition) is 1. The molecule has 9 heteroatoms. The minimum atomic E-state index is -1.14. The Morgan fingerprint density at radius 3 is 2.72 bits per heavy atom. The first kappa shape index (κ1) is 18.3. The van der Waals surface area contributed by atoms with Gasteiger partial charge in [-0.15, -0.1) is 5.10 Å². The lowest BCUT2D eigenvalue weighted by molar-refractivity contribution is -0.386. The monoisotopic (exact) mass is 368 g/mol. The molecule has 0 atom stereocenters. The van der Waals surface area contributed by atoms with Crippen LogP contribution >= 0.6 is 0 Å². The van der Waals surface area contributed by atoms with E-state index in [4.69, 9.17) is 9.47 Å². The summed E-state index contributed by atoms with van der Waals surface area (Å²) in [5.74, 6) is 0.575. The molecule has 1 aromatic heterocycles. The third kappa shape index (κ3) is 4.59. The van der Waals surface area contributed by atoms with E-state index in [1.807, 2.05) is 0 Å². The highest BCUT2D eigenvalue weighted by Crippen LogP contribution is 2.48. The van der Waals surface area contributed by atoms with Crippen LogP contribution in [0.1, 0.15) is 12.8 Å². The predicted molar refractivity (Wildman–Crippen MR) is 96.5 cm³/mol. The van der Waals surface area contributed by atoms with Gasteiger partial charge in [0.25, 0.3) is 0 Å². The van der Waals surface area contributed by atoms with Crippen LogP contribution in [-0.2, 0) is 11.5 Å². The fraction of sp³-hybridized carbons (Fsp3) is 0.812. The summed E-state index contributed by atoms with van der Waals surface area (Å²) >= 11 is 0. The van der Waals surface area contributed by atoms with Gasteiger partial charge in [-0.3, -0.25) is 10.1 Å². The number of rotatable bonds is 9. The molecule has 1 saturated carbocycles. The van der Waals surface area contributed by atoms with E-state index in [9.17, 15) is 10.1 Å². The Balaban J connectivity index is 1.48. The number of nitrogens with one attached hydrogen (secondary N) is 1. The molecule has 2 heterocycles. The van der Waals surface area contributed by atoms with Gasteiger partial charge in [-0.25, -0.2) is 4.68 Å². The van der Waals surface area contributed by atoms with Gasteiger partial charge in [0.15, 0.2) is 0 Å². The number of hydrogen-bond acceptors (Lipinski definition) is 6. The summed E-state index contributed by atoms with van der Waals surface area (Å²) < 4.78 is 12.7. The molecule has 0 unspecified atom stereocenters. The van der Waals surface area contributed by atoms with Crippen LogP contribution in [0.3, 0.4) is 0 Å². The number of ether oxygens (including phenoxy) is 2. The molecule has 140 valence electrons. The first-order chi connectivity index (χ1) is 11.8. The fourth-order valence-electron chi connectivity index (χ4n) is 3.47. The predicted octanol–water partition coefficient (Wildman–Crippen LogP) is 2.48. The van der Waals surface area contributed by atoms with Crippen molar-refractivity contribution >= 4 is 13.8 Å². The van der Waals surface area contributed by atoms with Crippen LogP contribution in [0, 0.1) is 21.4 Å². The van der Waals surface area contributed by atoms with Gasteiger partial charge in [0.1, 0.15) is 12.9 Å². The first-order valence-corrected chi connectivity index (χ1v) is 12.6. The Morgan fingerprint density at radius 2 is 2.16 bits per heavy atom. The quantitative estimate of drug-likeness (QED) is 0.312. The molecule has 2 aliphatic rings. The first-order valence-electron chi connectivity index (χ1n) is 8.90. The SMILES string of the molecule is C[Si](C)(C)CCOCn1cc([N+](=O)[O-])c(OCC2CC3(CNC3)C2)n1. The standard InChI is InChI=1S/C16H28N4O4Si/c1-25(2,3)5-4-23-12-19-8-14(20(21)22)15(18-19)24-9-13-6-16(7-13)10-17-11-16/h8,13,17H,4-7,9-12H2,1-3H3. The largest absolute Gasteiger partial charge is 0.471 e. The summed E-state index contributed by atoms with van der Waals surface area (Å²) in [6.45, 7) is 10.4. The van der Waals surface area contributed by atoms with Gasteiger partial charge in [-0.05, 0) is 30.2 Å². The molecule has 1 aliphatic heterocycles. The zero-order valence-corrected chi connectivity index (χ0v) is 16.3. The zero-order chi connectivity index (χ0) is 18.1. The molecule has 8 nitrogen and oxygen atoms in total. The van der Waals surface area contributed by atoms with Crippen molar-refractivity contribution in [1.29, 1.82) is 0 Å². The molecule has 3 rings (SSSR count). The minimum Gasteiger partial charge on any atom is -0.471 e. The zero-order valence-electron chi connectivity index (χ0n) is 15.3. The van der Waals surface area contributed by atoms with Gasteiger partial charge in [0, 0.05) is 27.8 Å². The van der Waals surface area contributed by atoms with E-state index >= 15 is 0 Å². The summed E-state index contributed by atoms with van der Waals surface area (Å²) in [7, 11) is -1.14. The molecule has 2 fully saturated rings. The summed E-state index contributed by atoms with van der Waals surface area (Å²) in [6.07, 6.45) is 3.66. The summed E-state index contributed by atoms with van der Waals surface area (Å²) in [5, 5.41) is 18.7. The van der Waals surface area contributed by atoms with Crippen LogP contribution in [0.25, 0.3) is 0 Å². The molecule has 1 N–H and O–H groups in total. The second-order valence-electron chi connectivity index (χ2n) is 8.65. The van der Waals surface area contributed by atoms with Gasteiger partial charge in [-0.1, -0.05) is 19.6 Å². The van der Waals surface area contributed by atoms with Crippen molar-refractivity contribution in [3.05, 3.63) is 16.3 Å². The topological polar surface area (TPSA) is 91.5 Å². The third-order valence-corrected chi connectivity index (χ3v) is 6.73. The maximum atomic E-state index is 11.2. The highest BCUT2D eigenvalue weighted by Gasteiger charge is 2.48. The Labute approximate surface area is 149 Å². The van der Waals surface area contributed by atoms with Gasteiger partial charge >= 0.3 is 11.6 Å². The van der Waals surface area contributed by atoms with Crippen molar-refractivity contribution in [1.82, 2.24) is 15.1 Å². The second-order valence-corrected chi connectivity index (χ2v) is 14.3. The Morgan fingerprint density at radius 1 is 1.44 bits per heavy atom. The maximum Gasteiger partial charge on any atom is 0.350 e. The molecule has 0 radical (unpaired) electrons. The lowest BCUT2D eigenvalue weighted by Gasteiger charge is -2.54. The number of aromatic nitrogens is 2. The van der Waals surface area contributed by atoms with Gasteiger partial charge in [0.2, 0.25) is 0 Å². The molecule has 0 bridgehead atoms. The molecule has 1 spiro atoms. The smallest absolute Gasteiger partial charge is 0.350 e. The maximum absolute atomic E-state index is 11.2. The minimum absolute atomic E-state index is 0.0897. The van der Waals surface area contributed by atoms with Gasteiger partial charge in [-0.2, -0.15) is 0 Å². The molecule has 1 saturated heterocycles. The third-order valence-electron chi connectivity index (χ3n) is 5.03. The van der Waals surface area contributed by atoms with Gasteiger partial charge < -0.3 is 14.8 Å². The lowest BCUT2D eigenvalue weighted by atomic mass is 9.59. The lowest BCUT2D eigenvalue weighted by Crippen LogP contribution is -2.60. The highest BCUT2D eigenvalue weighted by molar-refractivity contribution is 6.76. The second kappa shape index (κ2) is 7.04. The molecule has 25 heavy (non-hydrogen) atoms. The summed E-state index contributed by atoms with van der Waals surface area (Å²) in [4.78, 5) is 10.8. The van der Waals surface area contributed by atoms with Crippen LogP contribution in [0.5, 0.6) is 5.88 Å². The highest BCUT2D eigenvalue weighted by atomic mass is 28.3. The van der Waals surface area contributed by atoms with E-state index in [0.29, 0.717) is 24.5 Å². The van der Waals surface area contributed by atoms with Crippen molar-refractivity contribution in [3.63, 3.8) is 0 Å². The van der Waals surface area contributed by atoms with Gasteiger partial charge in [0.05, 0.1) is 11.5 Å². The van der Waals surface area contributed by atoms with Crippen LogP contribution in [-0.4, -0.2) is 49.1 Å².